The zero-order valence-electron chi connectivity index (χ0n) is 15.5. The maximum Gasteiger partial charge on any atom is 0.335 e. The first-order valence-corrected chi connectivity index (χ1v) is 9.88. The van der Waals surface area contributed by atoms with Gasteiger partial charge in [-0.25, -0.2) is 4.79 Å². The van der Waals surface area contributed by atoms with E-state index in [-0.39, 0.29) is 17.4 Å². The SMILES string of the molecule is O=C(O)c1ccc(CN2C(=O)[C@@]3(C[C@@H]3c3ccc(Cl)cc3)c3ccccc32)cc1. The second-order valence-electron chi connectivity index (χ2n) is 7.69. The van der Waals surface area contributed by atoms with Gasteiger partial charge < -0.3 is 10.0 Å². The predicted molar refractivity (Wildman–Crippen MR) is 112 cm³/mol. The van der Waals surface area contributed by atoms with Crippen LogP contribution in [-0.2, 0) is 16.8 Å². The summed E-state index contributed by atoms with van der Waals surface area (Å²) in [5.74, 6) is -0.698. The molecule has 0 bridgehead atoms. The van der Waals surface area contributed by atoms with Crippen molar-refractivity contribution in [2.45, 2.75) is 24.3 Å². The molecule has 3 aromatic carbocycles. The third-order valence-corrected chi connectivity index (χ3v) is 6.33. The van der Waals surface area contributed by atoms with Gasteiger partial charge in [0.15, 0.2) is 0 Å². The van der Waals surface area contributed by atoms with E-state index in [2.05, 4.69) is 6.07 Å². The van der Waals surface area contributed by atoms with Crippen LogP contribution in [0.5, 0.6) is 0 Å². The molecule has 0 unspecified atom stereocenters. The molecule has 1 aliphatic heterocycles. The van der Waals surface area contributed by atoms with E-state index in [9.17, 15) is 9.59 Å². The van der Waals surface area contributed by atoms with Gasteiger partial charge in [-0.05, 0) is 53.4 Å². The highest BCUT2D eigenvalue weighted by atomic mass is 35.5. The number of aromatic carboxylic acids is 1. The second kappa shape index (κ2) is 6.46. The molecule has 3 aromatic rings. The number of hydrogen-bond donors (Lipinski definition) is 1. The molecule has 2 atom stereocenters. The van der Waals surface area contributed by atoms with Crippen LogP contribution >= 0.6 is 11.6 Å². The van der Waals surface area contributed by atoms with Crippen molar-refractivity contribution in [3.8, 4) is 0 Å². The van der Waals surface area contributed by atoms with E-state index in [0.717, 1.165) is 28.8 Å². The Labute approximate surface area is 173 Å². The maximum atomic E-state index is 13.6. The average Bonchev–Trinajstić information content (AvgIpc) is 3.44. The summed E-state index contributed by atoms with van der Waals surface area (Å²) < 4.78 is 0. The second-order valence-corrected chi connectivity index (χ2v) is 8.13. The number of carbonyl (C=O) groups excluding carboxylic acids is 1. The van der Waals surface area contributed by atoms with Crippen LogP contribution in [0.3, 0.4) is 0 Å². The quantitative estimate of drug-likeness (QED) is 0.666. The number of nitrogens with zero attached hydrogens (tertiary/aromatic N) is 1. The fourth-order valence-electron chi connectivity index (χ4n) is 4.54. The molecule has 1 N–H and O–H groups in total. The van der Waals surface area contributed by atoms with Gasteiger partial charge in [0.2, 0.25) is 5.91 Å². The van der Waals surface area contributed by atoms with Gasteiger partial charge in [-0.3, -0.25) is 4.79 Å². The van der Waals surface area contributed by atoms with Crippen molar-refractivity contribution in [2.24, 2.45) is 0 Å². The van der Waals surface area contributed by atoms with Crippen LogP contribution in [-0.4, -0.2) is 17.0 Å². The van der Waals surface area contributed by atoms with Crippen LogP contribution in [0.2, 0.25) is 5.02 Å². The first kappa shape index (κ1) is 18.0. The summed E-state index contributed by atoms with van der Waals surface area (Å²) in [5, 5.41) is 9.78. The van der Waals surface area contributed by atoms with Crippen molar-refractivity contribution in [3.63, 3.8) is 0 Å². The van der Waals surface area contributed by atoms with E-state index in [1.165, 1.54) is 0 Å². The Bertz CT molecular complexity index is 1120. The maximum absolute atomic E-state index is 13.6. The van der Waals surface area contributed by atoms with E-state index >= 15 is 0 Å². The molecule has 1 spiro atoms. The van der Waals surface area contributed by atoms with E-state index in [4.69, 9.17) is 16.7 Å². The molecule has 0 saturated heterocycles. The fraction of sp³-hybridized carbons (Fsp3) is 0.167. The zero-order valence-corrected chi connectivity index (χ0v) is 16.3. The van der Waals surface area contributed by atoms with Gasteiger partial charge in [0, 0.05) is 16.6 Å². The Balaban J connectivity index is 1.48. The van der Waals surface area contributed by atoms with Crippen LogP contribution in [0.25, 0.3) is 0 Å². The summed E-state index contributed by atoms with van der Waals surface area (Å²) in [6, 6.07) is 22.4. The molecular weight excluding hydrogens is 386 g/mol. The van der Waals surface area contributed by atoms with Gasteiger partial charge in [0.1, 0.15) is 0 Å². The third kappa shape index (κ3) is 2.75. The standard InChI is InChI=1S/C24H18ClNO3/c25-18-11-9-16(10-12-18)20-13-24(20)19-3-1-2-4-21(19)26(23(24)29)14-15-5-7-17(8-6-15)22(27)28/h1-12,20H,13-14H2,(H,27,28)/t20-,24+/m1/s1. The molecular formula is C24H18ClNO3. The number of anilines is 1. The van der Waals surface area contributed by atoms with Crippen molar-refractivity contribution in [2.75, 3.05) is 4.90 Å². The monoisotopic (exact) mass is 403 g/mol. The average molecular weight is 404 g/mol. The molecule has 4 nitrogen and oxygen atoms in total. The summed E-state index contributed by atoms with van der Waals surface area (Å²) in [7, 11) is 0. The van der Waals surface area contributed by atoms with Gasteiger partial charge in [-0.1, -0.05) is 54.1 Å². The molecule has 1 fully saturated rings. The Kier molecular flexibility index (Phi) is 4.00. The van der Waals surface area contributed by atoms with Gasteiger partial charge in [0.05, 0.1) is 17.5 Å². The fourth-order valence-corrected chi connectivity index (χ4v) is 4.66. The summed E-state index contributed by atoms with van der Waals surface area (Å²) in [6.45, 7) is 0.421. The van der Waals surface area contributed by atoms with Crippen LogP contribution in [0.15, 0.2) is 72.8 Å². The minimum absolute atomic E-state index is 0.112. The smallest absolute Gasteiger partial charge is 0.335 e. The number of hydrogen-bond acceptors (Lipinski definition) is 2. The Morgan fingerprint density at radius 1 is 1.03 bits per heavy atom. The number of carboxylic acid groups (broad SMARTS) is 1. The number of halogens is 1. The minimum Gasteiger partial charge on any atom is -0.478 e. The van der Waals surface area contributed by atoms with Crippen LogP contribution < -0.4 is 4.90 Å². The van der Waals surface area contributed by atoms with Crippen molar-refractivity contribution in [1.82, 2.24) is 0 Å². The normalized spacial score (nSPS) is 22.0. The Hall–Kier alpha value is -3.11. The Morgan fingerprint density at radius 3 is 2.41 bits per heavy atom. The first-order valence-electron chi connectivity index (χ1n) is 9.50. The molecule has 144 valence electrons. The van der Waals surface area contributed by atoms with E-state index in [1.54, 1.807) is 24.3 Å². The molecule has 0 radical (unpaired) electrons. The van der Waals surface area contributed by atoms with Crippen molar-refractivity contribution in [3.05, 3.63) is 100 Å². The van der Waals surface area contributed by atoms with E-state index < -0.39 is 11.4 Å². The lowest BCUT2D eigenvalue weighted by atomic mass is 9.92. The summed E-state index contributed by atoms with van der Waals surface area (Å²) in [4.78, 5) is 26.5. The lowest BCUT2D eigenvalue weighted by molar-refractivity contribution is -0.120. The molecule has 5 heteroatoms. The number of fused-ring (bicyclic) bond motifs is 2. The largest absolute Gasteiger partial charge is 0.478 e. The van der Waals surface area contributed by atoms with Gasteiger partial charge in [0.25, 0.3) is 0 Å². The van der Waals surface area contributed by atoms with E-state index in [0.29, 0.717) is 11.6 Å². The summed E-state index contributed by atoms with van der Waals surface area (Å²) in [6.07, 6.45) is 0.791. The predicted octanol–water partition coefficient (Wildman–Crippen LogP) is 5.01. The first-order chi connectivity index (χ1) is 14.0. The van der Waals surface area contributed by atoms with Crippen molar-refractivity contribution >= 4 is 29.2 Å². The lowest BCUT2D eigenvalue weighted by Crippen LogP contribution is -2.32. The highest BCUT2D eigenvalue weighted by Crippen LogP contribution is 2.66. The zero-order chi connectivity index (χ0) is 20.2. The molecule has 1 heterocycles. The van der Waals surface area contributed by atoms with Crippen molar-refractivity contribution < 1.29 is 14.7 Å². The number of benzene rings is 3. The number of amides is 1. The number of carboxylic acids is 1. The topological polar surface area (TPSA) is 57.6 Å². The van der Waals surface area contributed by atoms with Gasteiger partial charge >= 0.3 is 5.97 Å². The minimum atomic E-state index is -0.957. The van der Waals surface area contributed by atoms with Gasteiger partial charge in [-0.2, -0.15) is 0 Å². The van der Waals surface area contributed by atoms with Crippen LogP contribution in [0, 0.1) is 0 Å². The molecule has 29 heavy (non-hydrogen) atoms. The summed E-state index contributed by atoms with van der Waals surface area (Å²) >= 11 is 6.03. The molecule has 0 aromatic heterocycles. The lowest BCUT2D eigenvalue weighted by Gasteiger charge is -2.18. The molecule has 1 amide bonds. The van der Waals surface area contributed by atoms with Crippen LogP contribution in [0.4, 0.5) is 5.69 Å². The molecule has 1 aliphatic carbocycles. The number of para-hydroxylation sites is 1. The third-order valence-electron chi connectivity index (χ3n) is 6.08. The number of carbonyl (C=O) groups is 2. The molecule has 1 saturated carbocycles. The number of rotatable bonds is 4. The van der Waals surface area contributed by atoms with Crippen molar-refractivity contribution in [1.29, 1.82) is 0 Å². The van der Waals surface area contributed by atoms with Crippen LogP contribution in [0.1, 0.15) is 39.4 Å². The van der Waals surface area contributed by atoms with E-state index in [1.807, 2.05) is 47.4 Å². The highest BCUT2D eigenvalue weighted by molar-refractivity contribution is 6.30. The molecule has 2 aliphatic rings. The summed E-state index contributed by atoms with van der Waals surface area (Å²) in [5.41, 5.74) is 3.78. The van der Waals surface area contributed by atoms with Gasteiger partial charge in [-0.15, -0.1) is 0 Å². The Morgan fingerprint density at radius 2 is 1.72 bits per heavy atom. The highest BCUT2D eigenvalue weighted by Gasteiger charge is 2.66. The molecule has 5 rings (SSSR count).